The first-order valence-corrected chi connectivity index (χ1v) is 2.21. The van der Waals surface area contributed by atoms with Crippen molar-refractivity contribution in [2.24, 2.45) is 0 Å². The van der Waals surface area contributed by atoms with Gasteiger partial charge in [-0.2, -0.15) is 15.0 Å². The number of nitrogen functional groups attached to an aromatic ring is 3. The summed E-state index contributed by atoms with van der Waals surface area (Å²) in [6.07, 6.45) is 0. The average molecular weight is 182 g/mol. The monoisotopic (exact) mass is 182 g/mol. The van der Waals surface area contributed by atoms with Crippen LogP contribution in [0.15, 0.2) is 0 Å². The van der Waals surface area contributed by atoms with E-state index in [0.29, 0.717) is 0 Å². The fourth-order valence-electron chi connectivity index (χ4n) is 0.427. The number of hydrogen-bond donors (Lipinski definition) is 3. The molecule has 6 nitrogen and oxygen atoms in total. The Hall–Kier alpha value is -1.07. The molecule has 7 heteroatoms. The van der Waals surface area contributed by atoms with Crippen LogP contribution in [0.25, 0.3) is 0 Å². The van der Waals surface area contributed by atoms with Gasteiger partial charge in [-0.3, -0.25) is 0 Å². The van der Waals surface area contributed by atoms with E-state index in [2.05, 4.69) is 15.0 Å². The Morgan fingerprint density at radius 1 is 0.700 bits per heavy atom. The molecule has 0 amide bonds. The Bertz CT molecular complexity index is 174. The van der Waals surface area contributed by atoms with Crippen LogP contribution in [0.1, 0.15) is 0 Å². The van der Waals surface area contributed by atoms with E-state index in [-0.39, 0.29) is 34.9 Å². The second-order valence-electron chi connectivity index (χ2n) is 1.41. The zero-order valence-corrected chi connectivity index (χ0v) is 6.03. The van der Waals surface area contributed by atoms with E-state index in [1.54, 1.807) is 0 Å². The third-order valence-corrected chi connectivity index (χ3v) is 0.687. The van der Waals surface area contributed by atoms with Crippen molar-refractivity contribution < 1.29 is 17.1 Å². The van der Waals surface area contributed by atoms with Gasteiger partial charge in [-0.05, 0) is 0 Å². The molecular formula is C3H6FeN6. The van der Waals surface area contributed by atoms with Crippen LogP contribution in [0.3, 0.4) is 0 Å². The van der Waals surface area contributed by atoms with Gasteiger partial charge in [-0.15, -0.1) is 0 Å². The summed E-state index contributed by atoms with van der Waals surface area (Å²) in [7, 11) is 0. The third kappa shape index (κ3) is 2.04. The first kappa shape index (κ1) is 8.93. The van der Waals surface area contributed by atoms with Crippen molar-refractivity contribution >= 4 is 17.8 Å². The van der Waals surface area contributed by atoms with Crippen LogP contribution < -0.4 is 17.2 Å². The van der Waals surface area contributed by atoms with Gasteiger partial charge in [0.05, 0.1) is 0 Å². The Morgan fingerprint density at radius 2 is 0.900 bits per heavy atom. The van der Waals surface area contributed by atoms with E-state index in [1.807, 2.05) is 0 Å². The molecule has 0 spiro atoms. The Labute approximate surface area is 67.7 Å². The standard InChI is InChI=1S/C3H6N6.Fe/c4-1-7-2(5)9-3(6)8-1;/h(H6,4,5,6,7,8,9);. The van der Waals surface area contributed by atoms with Crippen molar-refractivity contribution in [3.8, 4) is 0 Å². The van der Waals surface area contributed by atoms with Crippen LogP contribution in [-0.4, -0.2) is 15.0 Å². The first-order valence-electron chi connectivity index (χ1n) is 2.21. The van der Waals surface area contributed by atoms with E-state index in [4.69, 9.17) is 17.2 Å². The molecule has 0 unspecified atom stereocenters. The van der Waals surface area contributed by atoms with Crippen molar-refractivity contribution in [1.29, 1.82) is 0 Å². The topological polar surface area (TPSA) is 117 Å². The molecule has 1 heterocycles. The van der Waals surface area contributed by atoms with Crippen molar-refractivity contribution in [2.75, 3.05) is 17.2 Å². The SMILES string of the molecule is Nc1nc(N)nc(N)n1.[Fe]. The zero-order valence-electron chi connectivity index (χ0n) is 4.93. The van der Waals surface area contributed by atoms with E-state index in [0.717, 1.165) is 0 Å². The normalized spacial score (nSPS) is 8.40. The smallest absolute Gasteiger partial charge is 0.226 e. The van der Waals surface area contributed by atoms with Crippen LogP contribution in [-0.2, 0) is 17.1 Å². The minimum Gasteiger partial charge on any atom is -0.368 e. The summed E-state index contributed by atoms with van der Waals surface area (Å²) in [5.74, 6) is 0.125. The van der Waals surface area contributed by atoms with Gasteiger partial charge in [-0.25, -0.2) is 0 Å². The molecule has 0 saturated heterocycles. The van der Waals surface area contributed by atoms with Crippen molar-refractivity contribution in [3.05, 3.63) is 0 Å². The summed E-state index contributed by atoms with van der Waals surface area (Å²) in [5, 5.41) is 0. The minimum absolute atomic E-state index is 0. The average Bonchev–Trinajstić information content (AvgIpc) is 1.59. The summed E-state index contributed by atoms with van der Waals surface area (Å²) >= 11 is 0. The van der Waals surface area contributed by atoms with E-state index >= 15 is 0 Å². The van der Waals surface area contributed by atoms with Gasteiger partial charge in [0.2, 0.25) is 17.8 Å². The molecule has 0 aliphatic heterocycles. The van der Waals surface area contributed by atoms with E-state index in [9.17, 15) is 0 Å². The Kier molecular flexibility index (Phi) is 2.85. The molecule has 56 valence electrons. The van der Waals surface area contributed by atoms with Crippen molar-refractivity contribution in [1.82, 2.24) is 15.0 Å². The molecule has 0 aliphatic rings. The Morgan fingerprint density at radius 3 is 1.10 bits per heavy atom. The zero-order chi connectivity index (χ0) is 6.85. The van der Waals surface area contributed by atoms with Crippen molar-refractivity contribution in [2.45, 2.75) is 0 Å². The fraction of sp³-hybridized carbons (Fsp3) is 0. The quantitative estimate of drug-likeness (QED) is 0.425. The molecule has 0 atom stereocenters. The third-order valence-electron chi connectivity index (χ3n) is 0.687. The molecule has 6 N–H and O–H groups in total. The van der Waals surface area contributed by atoms with Crippen LogP contribution in [0.2, 0.25) is 0 Å². The first-order chi connectivity index (χ1) is 4.18. The molecule has 0 saturated carbocycles. The van der Waals surface area contributed by atoms with Crippen LogP contribution >= 0.6 is 0 Å². The van der Waals surface area contributed by atoms with Gasteiger partial charge in [-0.1, -0.05) is 0 Å². The maximum Gasteiger partial charge on any atom is 0.226 e. The maximum absolute atomic E-state index is 5.14. The van der Waals surface area contributed by atoms with Crippen LogP contribution in [0, 0.1) is 0 Å². The number of anilines is 3. The molecule has 1 rings (SSSR count). The minimum atomic E-state index is 0. The molecule has 10 heavy (non-hydrogen) atoms. The summed E-state index contributed by atoms with van der Waals surface area (Å²) in [5.41, 5.74) is 15.4. The second kappa shape index (κ2) is 3.19. The molecule has 0 radical (unpaired) electrons. The molecule has 0 aromatic carbocycles. The number of aromatic nitrogens is 3. The largest absolute Gasteiger partial charge is 0.368 e. The van der Waals surface area contributed by atoms with Gasteiger partial charge in [0.15, 0.2) is 0 Å². The van der Waals surface area contributed by atoms with E-state index < -0.39 is 0 Å². The summed E-state index contributed by atoms with van der Waals surface area (Å²) in [6, 6.07) is 0. The summed E-state index contributed by atoms with van der Waals surface area (Å²) in [4.78, 5) is 10.5. The number of nitrogens with two attached hydrogens (primary N) is 3. The maximum atomic E-state index is 5.14. The van der Waals surface area contributed by atoms with E-state index in [1.165, 1.54) is 0 Å². The molecular weight excluding hydrogens is 176 g/mol. The van der Waals surface area contributed by atoms with Crippen LogP contribution in [0.4, 0.5) is 17.8 Å². The molecule has 1 aromatic heterocycles. The molecule has 0 aliphatic carbocycles. The second-order valence-corrected chi connectivity index (χ2v) is 1.41. The van der Waals surface area contributed by atoms with Gasteiger partial charge in [0.1, 0.15) is 0 Å². The molecule has 1 aromatic rings. The Balaban J connectivity index is 0.000000810. The summed E-state index contributed by atoms with van der Waals surface area (Å²) in [6.45, 7) is 0. The summed E-state index contributed by atoms with van der Waals surface area (Å²) < 4.78 is 0. The van der Waals surface area contributed by atoms with Crippen molar-refractivity contribution in [3.63, 3.8) is 0 Å². The molecule has 0 fully saturated rings. The number of hydrogen-bond acceptors (Lipinski definition) is 6. The number of rotatable bonds is 0. The predicted molar refractivity (Wildman–Crippen MR) is 33.1 cm³/mol. The molecule has 0 bridgehead atoms. The van der Waals surface area contributed by atoms with Gasteiger partial charge >= 0.3 is 0 Å². The number of nitrogens with zero attached hydrogens (tertiary/aromatic N) is 3. The fourth-order valence-corrected chi connectivity index (χ4v) is 0.427. The van der Waals surface area contributed by atoms with Gasteiger partial charge < -0.3 is 17.2 Å². The van der Waals surface area contributed by atoms with Gasteiger partial charge in [0.25, 0.3) is 0 Å². The van der Waals surface area contributed by atoms with Crippen LogP contribution in [0.5, 0.6) is 0 Å². The predicted octanol–water partition coefficient (Wildman–Crippen LogP) is -1.38. The van der Waals surface area contributed by atoms with Gasteiger partial charge in [0, 0.05) is 17.1 Å².